The van der Waals surface area contributed by atoms with Gasteiger partial charge in [0.2, 0.25) is 0 Å². The number of methoxy groups -OCH3 is 1. The van der Waals surface area contributed by atoms with E-state index in [4.69, 9.17) is 9.47 Å². The molecule has 0 saturated heterocycles. The Kier molecular flexibility index (Phi) is 6.34. The highest BCUT2D eigenvalue weighted by atomic mass is 79.9. The SMILES string of the molecule is CCOC(=O)C1=C(C)NC2=C(C(=O)C[C@H](c3cccs3)C2)[C@H]1c1ccc(OC)c(Br)c1. The molecule has 1 aromatic carbocycles. The summed E-state index contributed by atoms with van der Waals surface area (Å²) in [5.41, 5.74) is 3.64. The standard InChI is InChI=1S/C24H24BrNO4S/c1-4-30-24(28)21-13(2)26-17-11-15(20-6-5-9-31-20)12-18(27)23(17)22(21)14-7-8-19(29-3)16(25)10-14/h5-10,15,22,26H,4,11-12H2,1-3H3/t15-,22+/m1/s1. The first-order chi connectivity index (χ1) is 14.9. The fourth-order valence-electron chi connectivity index (χ4n) is 4.44. The maximum absolute atomic E-state index is 13.5. The highest BCUT2D eigenvalue weighted by Gasteiger charge is 2.41. The van der Waals surface area contributed by atoms with Crippen molar-refractivity contribution in [3.63, 3.8) is 0 Å². The first kappa shape index (κ1) is 21.8. The van der Waals surface area contributed by atoms with Crippen molar-refractivity contribution in [2.75, 3.05) is 13.7 Å². The second kappa shape index (κ2) is 9.01. The molecule has 1 aromatic heterocycles. The average molecular weight is 502 g/mol. The van der Waals surface area contributed by atoms with Gasteiger partial charge in [0.15, 0.2) is 5.78 Å². The largest absolute Gasteiger partial charge is 0.496 e. The molecule has 5 nitrogen and oxygen atoms in total. The summed E-state index contributed by atoms with van der Waals surface area (Å²) >= 11 is 5.22. The number of esters is 1. The number of carbonyl (C=O) groups is 2. The molecular formula is C24H24BrNO4S. The molecule has 4 rings (SSSR count). The van der Waals surface area contributed by atoms with E-state index in [9.17, 15) is 9.59 Å². The summed E-state index contributed by atoms with van der Waals surface area (Å²) in [7, 11) is 1.61. The molecule has 7 heteroatoms. The summed E-state index contributed by atoms with van der Waals surface area (Å²) in [5.74, 6) is 0.0359. The summed E-state index contributed by atoms with van der Waals surface area (Å²) in [6.07, 6.45) is 1.17. The fraction of sp³-hybridized carbons (Fsp3) is 0.333. The van der Waals surface area contributed by atoms with Gasteiger partial charge < -0.3 is 14.8 Å². The van der Waals surface area contributed by atoms with E-state index in [1.807, 2.05) is 36.6 Å². The number of thiophene rings is 1. The number of ketones is 1. The molecule has 1 aliphatic heterocycles. The van der Waals surface area contributed by atoms with E-state index >= 15 is 0 Å². The molecule has 31 heavy (non-hydrogen) atoms. The number of benzene rings is 1. The molecule has 0 radical (unpaired) electrons. The molecule has 2 atom stereocenters. The average Bonchev–Trinajstić information content (AvgIpc) is 3.27. The number of dihydropyridines is 1. The third-order valence-electron chi connectivity index (χ3n) is 5.78. The molecule has 1 aliphatic carbocycles. The highest BCUT2D eigenvalue weighted by Crippen LogP contribution is 2.47. The smallest absolute Gasteiger partial charge is 0.336 e. The molecule has 0 saturated carbocycles. The van der Waals surface area contributed by atoms with Crippen LogP contribution in [0.1, 0.15) is 49.0 Å². The van der Waals surface area contributed by atoms with Crippen LogP contribution in [0.3, 0.4) is 0 Å². The lowest BCUT2D eigenvalue weighted by molar-refractivity contribution is -0.138. The first-order valence-corrected chi connectivity index (χ1v) is 11.9. The number of nitrogens with one attached hydrogen (secondary N) is 1. The molecule has 2 heterocycles. The van der Waals surface area contributed by atoms with Crippen LogP contribution in [0.15, 0.2) is 62.7 Å². The van der Waals surface area contributed by atoms with Crippen LogP contribution in [0.4, 0.5) is 0 Å². The summed E-state index contributed by atoms with van der Waals surface area (Å²) in [6, 6.07) is 9.79. The normalized spacial score (nSPS) is 21.0. The van der Waals surface area contributed by atoms with Crippen LogP contribution in [-0.4, -0.2) is 25.5 Å². The van der Waals surface area contributed by atoms with Gasteiger partial charge in [0.05, 0.1) is 23.8 Å². The molecule has 0 amide bonds. The van der Waals surface area contributed by atoms with Crippen molar-refractivity contribution < 1.29 is 19.1 Å². The van der Waals surface area contributed by atoms with Crippen LogP contribution in [-0.2, 0) is 14.3 Å². The third-order valence-corrected chi connectivity index (χ3v) is 7.43. The topological polar surface area (TPSA) is 64.6 Å². The van der Waals surface area contributed by atoms with E-state index in [-0.39, 0.29) is 18.3 Å². The van der Waals surface area contributed by atoms with Crippen molar-refractivity contribution in [1.82, 2.24) is 5.32 Å². The van der Waals surface area contributed by atoms with Crippen molar-refractivity contribution >= 4 is 39.0 Å². The molecule has 2 aromatic rings. The van der Waals surface area contributed by atoms with Gasteiger partial charge in [-0.3, -0.25) is 4.79 Å². The lowest BCUT2D eigenvalue weighted by Gasteiger charge is -2.36. The van der Waals surface area contributed by atoms with Gasteiger partial charge in [-0.15, -0.1) is 11.3 Å². The molecule has 162 valence electrons. The van der Waals surface area contributed by atoms with Crippen LogP contribution >= 0.6 is 27.3 Å². The van der Waals surface area contributed by atoms with Crippen molar-refractivity contribution in [2.45, 2.75) is 38.5 Å². The summed E-state index contributed by atoms with van der Waals surface area (Å²) in [5, 5.41) is 5.41. The predicted molar refractivity (Wildman–Crippen MR) is 124 cm³/mol. The Morgan fingerprint density at radius 3 is 2.74 bits per heavy atom. The number of ether oxygens (including phenoxy) is 2. The van der Waals surface area contributed by atoms with Gasteiger partial charge >= 0.3 is 5.97 Å². The summed E-state index contributed by atoms with van der Waals surface area (Å²) in [4.78, 5) is 27.6. The van der Waals surface area contributed by atoms with Crippen LogP contribution in [0.25, 0.3) is 0 Å². The third kappa shape index (κ3) is 4.08. The van der Waals surface area contributed by atoms with Gasteiger partial charge in [-0.25, -0.2) is 4.79 Å². The highest BCUT2D eigenvalue weighted by molar-refractivity contribution is 9.10. The number of allylic oxidation sites excluding steroid dienone is 3. The Balaban J connectivity index is 1.83. The van der Waals surface area contributed by atoms with Gasteiger partial charge in [0, 0.05) is 40.1 Å². The first-order valence-electron chi connectivity index (χ1n) is 10.2. The maximum atomic E-state index is 13.5. The summed E-state index contributed by atoms with van der Waals surface area (Å²) in [6.45, 7) is 3.93. The van der Waals surface area contributed by atoms with Crippen molar-refractivity contribution in [3.8, 4) is 5.75 Å². The van der Waals surface area contributed by atoms with Crippen molar-refractivity contribution in [1.29, 1.82) is 0 Å². The molecule has 1 N–H and O–H groups in total. The number of carbonyl (C=O) groups excluding carboxylic acids is 2. The van der Waals surface area contributed by atoms with Crippen LogP contribution in [0.5, 0.6) is 5.75 Å². The monoisotopic (exact) mass is 501 g/mol. The Labute approximate surface area is 194 Å². The second-order valence-electron chi connectivity index (χ2n) is 7.65. The van der Waals surface area contributed by atoms with E-state index in [0.29, 0.717) is 23.3 Å². The van der Waals surface area contributed by atoms with E-state index in [1.54, 1.807) is 25.4 Å². The zero-order valence-electron chi connectivity index (χ0n) is 17.7. The predicted octanol–water partition coefficient (Wildman–Crippen LogP) is 5.44. The second-order valence-corrected chi connectivity index (χ2v) is 9.48. The number of rotatable bonds is 5. The zero-order chi connectivity index (χ0) is 22.1. The fourth-order valence-corrected chi connectivity index (χ4v) is 5.83. The van der Waals surface area contributed by atoms with E-state index in [0.717, 1.165) is 27.9 Å². The lowest BCUT2D eigenvalue weighted by Crippen LogP contribution is -2.36. The quantitative estimate of drug-likeness (QED) is 0.552. The molecule has 0 unspecified atom stereocenters. The molecule has 0 fully saturated rings. The minimum atomic E-state index is -0.478. The van der Waals surface area contributed by atoms with Crippen LogP contribution in [0.2, 0.25) is 0 Å². The van der Waals surface area contributed by atoms with Crippen molar-refractivity contribution in [3.05, 3.63) is 73.2 Å². The molecule has 0 bridgehead atoms. The molecule has 2 aliphatic rings. The minimum Gasteiger partial charge on any atom is -0.496 e. The van der Waals surface area contributed by atoms with Crippen LogP contribution in [0, 0.1) is 0 Å². The Bertz CT molecular complexity index is 1090. The number of hydrogen-bond acceptors (Lipinski definition) is 6. The van der Waals surface area contributed by atoms with Gasteiger partial charge in [-0.1, -0.05) is 12.1 Å². The lowest BCUT2D eigenvalue weighted by atomic mass is 9.72. The van der Waals surface area contributed by atoms with Gasteiger partial charge in [-0.2, -0.15) is 0 Å². The number of Topliss-reactive ketones (excluding diaryl/α,β-unsaturated/α-hetero) is 1. The Morgan fingerprint density at radius 2 is 2.10 bits per heavy atom. The van der Waals surface area contributed by atoms with Gasteiger partial charge in [0.25, 0.3) is 0 Å². The number of hydrogen-bond donors (Lipinski definition) is 1. The molecule has 0 spiro atoms. The zero-order valence-corrected chi connectivity index (χ0v) is 20.1. The van der Waals surface area contributed by atoms with Crippen molar-refractivity contribution in [2.24, 2.45) is 0 Å². The molecular weight excluding hydrogens is 478 g/mol. The Hall–Kier alpha value is -2.38. The van der Waals surface area contributed by atoms with Gasteiger partial charge in [0.1, 0.15) is 5.75 Å². The summed E-state index contributed by atoms with van der Waals surface area (Å²) < 4.78 is 11.5. The van der Waals surface area contributed by atoms with Gasteiger partial charge in [-0.05, 0) is 65.3 Å². The number of halogens is 1. The maximum Gasteiger partial charge on any atom is 0.336 e. The Morgan fingerprint density at radius 1 is 1.29 bits per heavy atom. The van der Waals surface area contributed by atoms with E-state index < -0.39 is 11.9 Å². The minimum absolute atomic E-state index is 0.0680. The van der Waals surface area contributed by atoms with Crippen LogP contribution < -0.4 is 10.1 Å². The van der Waals surface area contributed by atoms with E-state index in [2.05, 4.69) is 27.3 Å². The van der Waals surface area contributed by atoms with E-state index in [1.165, 1.54) is 4.88 Å².